The fourth-order valence-corrected chi connectivity index (χ4v) is 4.61. The molecule has 0 saturated carbocycles. The number of ether oxygens (including phenoxy) is 1. The van der Waals surface area contributed by atoms with E-state index in [1.54, 1.807) is 29.2 Å². The molecule has 0 spiro atoms. The van der Waals surface area contributed by atoms with E-state index < -0.39 is 10.0 Å². The smallest absolute Gasteiger partial charge is 0.261 e. The summed E-state index contributed by atoms with van der Waals surface area (Å²) in [5, 5.41) is 0. The minimum absolute atomic E-state index is 0.0403. The van der Waals surface area contributed by atoms with Gasteiger partial charge in [-0.3, -0.25) is 9.52 Å². The number of hydrogen-bond donors (Lipinski definition) is 1. The van der Waals surface area contributed by atoms with Gasteiger partial charge < -0.3 is 14.5 Å². The highest BCUT2D eigenvalue weighted by Gasteiger charge is 2.25. The Bertz CT molecular complexity index is 1020. The Kier molecular flexibility index (Phi) is 4.22. The van der Waals surface area contributed by atoms with Gasteiger partial charge in [-0.1, -0.05) is 0 Å². The first-order valence-electron chi connectivity index (χ1n) is 8.77. The second-order valence-corrected chi connectivity index (χ2v) is 8.45. The van der Waals surface area contributed by atoms with E-state index in [0.717, 1.165) is 23.5 Å². The highest BCUT2D eigenvalue weighted by molar-refractivity contribution is 7.92. The van der Waals surface area contributed by atoms with Crippen molar-refractivity contribution in [3.63, 3.8) is 0 Å². The molecule has 0 fully saturated rings. The number of carbonyl (C=O) groups is 1. The molecular formula is C19H21N3O4S. The summed E-state index contributed by atoms with van der Waals surface area (Å²) in [6.07, 6.45) is 0.650. The number of amides is 1. The van der Waals surface area contributed by atoms with Crippen LogP contribution < -0.4 is 19.3 Å². The molecule has 0 radical (unpaired) electrons. The van der Waals surface area contributed by atoms with Crippen molar-refractivity contribution in [1.29, 1.82) is 0 Å². The monoisotopic (exact) mass is 387 g/mol. The van der Waals surface area contributed by atoms with Gasteiger partial charge in [-0.05, 0) is 42.3 Å². The van der Waals surface area contributed by atoms with Crippen molar-refractivity contribution in [3.8, 4) is 5.75 Å². The largest absolute Gasteiger partial charge is 0.489 e. The molecule has 2 heterocycles. The first-order valence-corrected chi connectivity index (χ1v) is 10.3. The van der Waals surface area contributed by atoms with Crippen molar-refractivity contribution in [3.05, 3.63) is 42.0 Å². The average Bonchev–Trinajstić information content (AvgIpc) is 3.05. The summed E-state index contributed by atoms with van der Waals surface area (Å²) >= 11 is 0. The van der Waals surface area contributed by atoms with Gasteiger partial charge in [-0.2, -0.15) is 0 Å². The van der Waals surface area contributed by atoms with Crippen molar-refractivity contribution in [1.82, 2.24) is 0 Å². The van der Waals surface area contributed by atoms with E-state index in [2.05, 4.69) is 9.62 Å². The summed E-state index contributed by atoms with van der Waals surface area (Å²) < 4.78 is 33.9. The molecule has 1 amide bonds. The van der Waals surface area contributed by atoms with Crippen molar-refractivity contribution < 1.29 is 17.9 Å². The highest BCUT2D eigenvalue weighted by atomic mass is 32.2. The van der Waals surface area contributed by atoms with E-state index >= 15 is 0 Å². The van der Waals surface area contributed by atoms with Gasteiger partial charge in [0.25, 0.3) is 10.0 Å². The van der Waals surface area contributed by atoms with Gasteiger partial charge in [0.1, 0.15) is 12.4 Å². The first kappa shape index (κ1) is 17.7. The fourth-order valence-electron chi connectivity index (χ4n) is 3.51. The minimum Gasteiger partial charge on any atom is -0.489 e. The molecule has 8 heteroatoms. The normalized spacial score (nSPS) is 15.8. The van der Waals surface area contributed by atoms with Gasteiger partial charge in [0.2, 0.25) is 5.91 Å². The third-order valence-corrected chi connectivity index (χ3v) is 6.32. The molecule has 2 aliphatic rings. The Hall–Kier alpha value is -2.74. The number of rotatable bonds is 3. The zero-order valence-electron chi connectivity index (χ0n) is 15.2. The van der Waals surface area contributed by atoms with Crippen LogP contribution in [0.5, 0.6) is 5.75 Å². The molecular weight excluding hydrogens is 366 g/mol. The van der Waals surface area contributed by atoms with Crippen molar-refractivity contribution in [2.75, 3.05) is 41.3 Å². The van der Waals surface area contributed by atoms with E-state index in [1.165, 1.54) is 13.0 Å². The molecule has 2 aliphatic heterocycles. The van der Waals surface area contributed by atoms with Crippen molar-refractivity contribution in [2.24, 2.45) is 0 Å². The van der Waals surface area contributed by atoms with Crippen LogP contribution in [0.2, 0.25) is 0 Å². The number of hydrogen-bond acceptors (Lipinski definition) is 5. The number of sulfonamides is 1. The summed E-state index contributed by atoms with van der Waals surface area (Å²) in [7, 11) is -1.76. The molecule has 0 aliphatic carbocycles. The predicted octanol–water partition coefficient (Wildman–Crippen LogP) is 2.22. The Balaban J connectivity index is 1.61. The zero-order valence-corrected chi connectivity index (χ0v) is 16.0. The molecule has 4 rings (SSSR count). The number of benzene rings is 2. The van der Waals surface area contributed by atoms with E-state index in [-0.39, 0.29) is 10.8 Å². The van der Waals surface area contributed by atoms with Crippen LogP contribution in [0.1, 0.15) is 12.5 Å². The lowest BCUT2D eigenvalue weighted by Gasteiger charge is -2.28. The van der Waals surface area contributed by atoms with Gasteiger partial charge in [-0.25, -0.2) is 8.42 Å². The second-order valence-electron chi connectivity index (χ2n) is 6.77. The molecule has 2 aromatic rings. The average molecular weight is 387 g/mol. The summed E-state index contributed by atoms with van der Waals surface area (Å²) in [5.74, 6) is 0.622. The molecule has 0 bridgehead atoms. The standard InChI is InChI=1S/C19H21N3O4S/c1-13(23)22-8-7-14-11-16(4-6-17(14)22)27(24,25)20-15-3-5-18-19(12-15)26-10-9-21(18)2/h3-6,11-12,20H,7-10H2,1-2H3. The number of carbonyl (C=O) groups excluding carboxylic acids is 1. The van der Waals surface area contributed by atoms with Gasteiger partial charge >= 0.3 is 0 Å². The molecule has 1 N–H and O–H groups in total. The quantitative estimate of drug-likeness (QED) is 0.874. The maximum Gasteiger partial charge on any atom is 0.261 e. The number of likely N-dealkylation sites (N-methyl/N-ethyl adjacent to an activating group) is 1. The summed E-state index contributed by atoms with van der Waals surface area (Å²) in [6.45, 7) is 3.45. The predicted molar refractivity (Wildman–Crippen MR) is 104 cm³/mol. The lowest BCUT2D eigenvalue weighted by molar-refractivity contribution is -0.116. The molecule has 7 nitrogen and oxygen atoms in total. The minimum atomic E-state index is -3.74. The van der Waals surface area contributed by atoms with Crippen molar-refractivity contribution in [2.45, 2.75) is 18.2 Å². The molecule has 0 saturated heterocycles. The van der Waals surface area contributed by atoms with E-state index in [4.69, 9.17) is 4.74 Å². The number of anilines is 3. The van der Waals surface area contributed by atoms with E-state index in [1.807, 2.05) is 13.1 Å². The maximum atomic E-state index is 12.8. The Morgan fingerprint density at radius 3 is 2.67 bits per heavy atom. The van der Waals surface area contributed by atoms with Gasteiger partial charge in [0, 0.05) is 32.3 Å². The zero-order chi connectivity index (χ0) is 19.2. The van der Waals surface area contributed by atoms with Gasteiger partial charge in [0.15, 0.2) is 0 Å². The van der Waals surface area contributed by atoms with Crippen LogP contribution in [-0.2, 0) is 21.2 Å². The summed E-state index contributed by atoms with van der Waals surface area (Å²) in [5.41, 5.74) is 3.04. The van der Waals surface area contributed by atoms with Crippen molar-refractivity contribution >= 4 is 33.0 Å². The molecule has 0 atom stereocenters. The Morgan fingerprint density at radius 2 is 1.89 bits per heavy atom. The van der Waals surface area contributed by atoms with Gasteiger partial charge in [-0.15, -0.1) is 0 Å². The van der Waals surface area contributed by atoms with Crippen LogP contribution in [0, 0.1) is 0 Å². The molecule has 0 unspecified atom stereocenters. The lowest BCUT2D eigenvalue weighted by atomic mass is 10.2. The topological polar surface area (TPSA) is 79.0 Å². The molecule has 0 aromatic heterocycles. The molecule has 2 aromatic carbocycles. The van der Waals surface area contributed by atoms with Crippen LogP contribution in [0.3, 0.4) is 0 Å². The summed E-state index contributed by atoms with van der Waals surface area (Å²) in [4.78, 5) is 15.6. The SMILES string of the molecule is CC(=O)N1CCc2cc(S(=O)(=O)Nc3ccc4c(c3)OCCN4C)ccc21. The first-order chi connectivity index (χ1) is 12.8. The van der Waals surface area contributed by atoms with Crippen LogP contribution in [-0.4, -0.2) is 41.1 Å². The van der Waals surface area contributed by atoms with E-state index in [9.17, 15) is 13.2 Å². The molecule has 27 heavy (non-hydrogen) atoms. The fraction of sp³-hybridized carbons (Fsp3) is 0.316. The van der Waals surface area contributed by atoms with Crippen LogP contribution in [0.15, 0.2) is 41.3 Å². The number of nitrogens with one attached hydrogen (secondary N) is 1. The number of nitrogens with zero attached hydrogens (tertiary/aromatic N) is 2. The Morgan fingerprint density at radius 1 is 1.11 bits per heavy atom. The second kappa shape index (κ2) is 6.45. The highest BCUT2D eigenvalue weighted by Crippen LogP contribution is 2.35. The maximum absolute atomic E-state index is 12.8. The summed E-state index contributed by atoms with van der Waals surface area (Å²) in [6, 6.07) is 10.2. The van der Waals surface area contributed by atoms with Crippen LogP contribution in [0.25, 0.3) is 0 Å². The lowest BCUT2D eigenvalue weighted by Crippen LogP contribution is -2.28. The Labute approximate surface area is 158 Å². The van der Waals surface area contributed by atoms with Crippen LogP contribution in [0.4, 0.5) is 17.1 Å². The van der Waals surface area contributed by atoms with E-state index in [0.29, 0.717) is 31.0 Å². The molecule has 142 valence electrons. The van der Waals surface area contributed by atoms with Crippen LogP contribution >= 0.6 is 0 Å². The van der Waals surface area contributed by atoms with Gasteiger partial charge in [0.05, 0.1) is 22.8 Å². The third-order valence-electron chi connectivity index (χ3n) is 4.94. The third kappa shape index (κ3) is 3.21. The number of fused-ring (bicyclic) bond motifs is 2.